The topological polar surface area (TPSA) is 82.6 Å². The van der Waals surface area contributed by atoms with Gasteiger partial charge in [-0.25, -0.2) is 4.79 Å². The molecule has 1 aromatic rings. The van der Waals surface area contributed by atoms with Crippen molar-refractivity contribution in [3.63, 3.8) is 0 Å². The van der Waals surface area contributed by atoms with E-state index >= 15 is 0 Å². The summed E-state index contributed by atoms with van der Waals surface area (Å²) in [5, 5.41) is 9.16. The number of nitriles is 1. The maximum Gasteiger partial charge on any atom is 0.360 e. The Morgan fingerprint density at radius 3 is 2.71 bits per heavy atom. The van der Waals surface area contributed by atoms with E-state index in [1.165, 1.54) is 6.26 Å². The molecule has 7 nitrogen and oxygen atoms in total. The predicted octanol–water partition coefficient (Wildman–Crippen LogP) is 1.28. The van der Waals surface area contributed by atoms with Crippen LogP contribution in [0.3, 0.4) is 0 Å². The van der Waals surface area contributed by atoms with E-state index in [0.29, 0.717) is 25.7 Å². The zero-order chi connectivity index (χ0) is 15.5. The van der Waals surface area contributed by atoms with Crippen molar-refractivity contribution >= 4 is 12.0 Å². The second kappa shape index (κ2) is 6.14. The van der Waals surface area contributed by atoms with Crippen molar-refractivity contribution in [3.05, 3.63) is 12.0 Å². The largest absolute Gasteiger partial charge is 0.461 e. The normalized spacial score (nSPS) is 16.6. The van der Waals surface area contributed by atoms with Crippen LogP contribution in [0.25, 0.3) is 0 Å². The summed E-state index contributed by atoms with van der Waals surface area (Å²) < 4.78 is 10.2. The minimum Gasteiger partial charge on any atom is -0.461 e. The third-order valence-corrected chi connectivity index (χ3v) is 3.59. The number of aromatic nitrogens is 1. The Labute approximate surface area is 124 Å². The van der Waals surface area contributed by atoms with E-state index in [-0.39, 0.29) is 5.69 Å². The minimum atomic E-state index is -0.475. The summed E-state index contributed by atoms with van der Waals surface area (Å²) in [5.74, 6) is -0.475. The van der Waals surface area contributed by atoms with Crippen molar-refractivity contribution in [1.82, 2.24) is 9.88 Å². The average Bonchev–Trinajstić information content (AvgIpc) is 2.97. The number of carbonyl (C=O) groups excluding carboxylic acids is 1. The molecule has 0 atom stereocenters. The number of rotatable bonds is 4. The summed E-state index contributed by atoms with van der Waals surface area (Å²) in [6.07, 6.45) is 1.32. The molecule has 0 aliphatic carbocycles. The molecule has 2 heterocycles. The number of anilines is 1. The SMILES string of the molecule is CCOC(=O)c1coc(N2CCN(C(C)(C)C#N)CC2)n1. The first-order chi connectivity index (χ1) is 9.97. The van der Waals surface area contributed by atoms with Gasteiger partial charge in [0, 0.05) is 26.2 Å². The van der Waals surface area contributed by atoms with Crippen molar-refractivity contribution in [2.24, 2.45) is 0 Å². The van der Waals surface area contributed by atoms with Gasteiger partial charge in [0.2, 0.25) is 0 Å². The van der Waals surface area contributed by atoms with Crippen LogP contribution >= 0.6 is 0 Å². The van der Waals surface area contributed by atoms with Crippen LogP contribution in [0.15, 0.2) is 10.7 Å². The smallest absolute Gasteiger partial charge is 0.360 e. The molecule has 1 aromatic heterocycles. The van der Waals surface area contributed by atoms with Crippen molar-refractivity contribution in [1.29, 1.82) is 5.26 Å². The lowest BCUT2D eigenvalue weighted by Crippen LogP contribution is -2.54. The van der Waals surface area contributed by atoms with Gasteiger partial charge >= 0.3 is 5.97 Å². The number of nitrogens with zero attached hydrogens (tertiary/aromatic N) is 4. The average molecular weight is 292 g/mol. The lowest BCUT2D eigenvalue weighted by atomic mass is 10.0. The standard InChI is InChI=1S/C14H20N4O3/c1-4-20-12(19)11-9-21-13(16-11)17-5-7-18(8-6-17)14(2,3)10-15/h9H,4-8H2,1-3H3. The van der Waals surface area contributed by atoms with Crippen LogP contribution in [0.2, 0.25) is 0 Å². The predicted molar refractivity (Wildman–Crippen MR) is 75.9 cm³/mol. The molecular formula is C14H20N4O3. The Kier molecular flexibility index (Phi) is 4.48. The van der Waals surface area contributed by atoms with Gasteiger partial charge < -0.3 is 14.1 Å². The Morgan fingerprint density at radius 2 is 2.14 bits per heavy atom. The van der Waals surface area contributed by atoms with Crippen LogP contribution in [0.4, 0.5) is 6.01 Å². The number of oxazole rings is 1. The van der Waals surface area contributed by atoms with E-state index in [9.17, 15) is 4.79 Å². The zero-order valence-corrected chi connectivity index (χ0v) is 12.6. The lowest BCUT2D eigenvalue weighted by Gasteiger charge is -2.39. The first-order valence-corrected chi connectivity index (χ1v) is 7.02. The molecule has 21 heavy (non-hydrogen) atoms. The summed E-state index contributed by atoms with van der Waals surface area (Å²) in [7, 11) is 0. The van der Waals surface area contributed by atoms with Crippen molar-refractivity contribution in [3.8, 4) is 6.07 Å². The molecule has 1 aliphatic heterocycles. The fourth-order valence-electron chi connectivity index (χ4n) is 2.24. The van der Waals surface area contributed by atoms with Gasteiger partial charge in [0.15, 0.2) is 5.69 Å². The maximum atomic E-state index is 11.6. The van der Waals surface area contributed by atoms with E-state index in [4.69, 9.17) is 14.4 Å². The first kappa shape index (κ1) is 15.3. The third-order valence-electron chi connectivity index (χ3n) is 3.59. The highest BCUT2D eigenvalue weighted by Gasteiger charge is 2.31. The third kappa shape index (κ3) is 3.34. The van der Waals surface area contributed by atoms with Gasteiger partial charge in [0.05, 0.1) is 12.7 Å². The summed E-state index contributed by atoms with van der Waals surface area (Å²) in [6.45, 7) is 8.77. The van der Waals surface area contributed by atoms with Gasteiger partial charge in [0.1, 0.15) is 11.8 Å². The fraction of sp³-hybridized carbons (Fsp3) is 0.643. The van der Waals surface area contributed by atoms with Crippen LogP contribution in [0.1, 0.15) is 31.3 Å². The Hall–Kier alpha value is -2.07. The highest BCUT2D eigenvalue weighted by Crippen LogP contribution is 2.20. The summed E-state index contributed by atoms with van der Waals surface area (Å²) >= 11 is 0. The van der Waals surface area contributed by atoms with E-state index in [1.54, 1.807) is 6.92 Å². The number of carbonyl (C=O) groups is 1. The van der Waals surface area contributed by atoms with Crippen LogP contribution < -0.4 is 4.90 Å². The Morgan fingerprint density at radius 1 is 1.48 bits per heavy atom. The van der Waals surface area contributed by atoms with Crippen molar-refractivity contribution < 1.29 is 13.9 Å². The second-order valence-corrected chi connectivity index (χ2v) is 5.38. The molecule has 0 amide bonds. The van der Waals surface area contributed by atoms with Gasteiger partial charge in [-0.3, -0.25) is 4.90 Å². The molecule has 0 unspecified atom stereocenters. The molecule has 0 saturated carbocycles. The Balaban J connectivity index is 1.97. The highest BCUT2D eigenvalue weighted by atomic mass is 16.5. The van der Waals surface area contributed by atoms with Crippen LogP contribution in [0, 0.1) is 11.3 Å². The van der Waals surface area contributed by atoms with Crippen LogP contribution in [-0.2, 0) is 4.74 Å². The van der Waals surface area contributed by atoms with Gasteiger partial charge in [-0.15, -0.1) is 0 Å². The summed E-state index contributed by atoms with van der Waals surface area (Å²) in [4.78, 5) is 19.8. The molecule has 1 saturated heterocycles. The first-order valence-electron chi connectivity index (χ1n) is 7.02. The number of ether oxygens (including phenoxy) is 1. The molecule has 2 rings (SSSR count). The number of hydrogen-bond donors (Lipinski definition) is 0. The molecule has 0 aromatic carbocycles. The van der Waals surface area contributed by atoms with Gasteiger partial charge in [0.25, 0.3) is 6.01 Å². The molecule has 1 aliphatic rings. The highest BCUT2D eigenvalue weighted by molar-refractivity contribution is 5.87. The quantitative estimate of drug-likeness (QED) is 0.773. The second-order valence-electron chi connectivity index (χ2n) is 5.38. The molecule has 0 spiro atoms. The van der Waals surface area contributed by atoms with Gasteiger partial charge in [-0.2, -0.15) is 10.2 Å². The van der Waals surface area contributed by atoms with Gasteiger partial charge in [-0.1, -0.05) is 0 Å². The maximum absolute atomic E-state index is 11.6. The Bertz CT molecular complexity index is 539. The molecular weight excluding hydrogens is 272 g/mol. The molecule has 0 N–H and O–H groups in total. The molecule has 0 radical (unpaired) electrons. The van der Waals surface area contributed by atoms with Crippen LogP contribution in [0.5, 0.6) is 0 Å². The van der Waals surface area contributed by atoms with Gasteiger partial charge in [-0.05, 0) is 20.8 Å². The summed E-state index contributed by atoms with van der Waals surface area (Å²) in [6, 6.07) is 2.73. The number of esters is 1. The van der Waals surface area contributed by atoms with Crippen LogP contribution in [-0.4, -0.2) is 54.2 Å². The number of hydrogen-bond acceptors (Lipinski definition) is 7. The van der Waals surface area contributed by atoms with E-state index < -0.39 is 11.5 Å². The molecule has 1 fully saturated rings. The molecule has 114 valence electrons. The monoisotopic (exact) mass is 292 g/mol. The van der Waals surface area contributed by atoms with Crippen molar-refractivity contribution in [2.45, 2.75) is 26.3 Å². The lowest BCUT2D eigenvalue weighted by molar-refractivity contribution is 0.0519. The molecule has 0 bridgehead atoms. The molecule has 7 heteroatoms. The van der Waals surface area contributed by atoms with E-state index in [1.807, 2.05) is 18.7 Å². The number of piperazine rings is 1. The van der Waals surface area contributed by atoms with E-state index in [2.05, 4.69) is 16.0 Å². The van der Waals surface area contributed by atoms with Crippen molar-refractivity contribution in [2.75, 3.05) is 37.7 Å². The van der Waals surface area contributed by atoms with E-state index in [0.717, 1.165) is 13.1 Å². The zero-order valence-electron chi connectivity index (χ0n) is 12.6. The minimum absolute atomic E-state index is 0.187. The summed E-state index contributed by atoms with van der Waals surface area (Å²) in [5.41, 5.74) is -0.287. The fourth-order valence-corrected chi connectivity index (χ4v) is 2.24.